The monoisotopic (exact) mass is 293 g/mol. The summed E-state index contributed by atoms with van der Waals surface area (Å²) in [5, 5.41) is 10.6. The van der Waals surface area contributed by atoms with E-state index < -0.39 is 4.92 Å². The Hall–Kier alpha value is -1.88. The van der Waals surface area contributed by atoms with Crippen molar-refractivity contribution in [2.24, 2.45) is 0 Å². The van der Waals surface area contributed by atoms with Gasteiger partial charge in [-0.15, -0.1) is 0 Å². The van der Waals surface area contributed by atoms with Gasteiger partial charge in [0.2, 0.25) is 0 Å². The number of ether oxygens (including phenoxy) is 1. The Balaban J connectivity index is 2.26. The zero-order valence-corrected chi connectivity index (χ0v) is 10.3. The number of halogens is 1. The van der Waals surface area contributed by atoms with Crippen LogP contribution in [0.5, 0.6) is 11.5 Å². The Bertz CT molecular complexity index is 543. The quantitative estimate of drug-likeness (QED) is 0.631. The average molecular weight is 294 g/mol. The molecular weight excluding hydrogens is 286 g/mol. The van der Waals surface area contributed by atoms with Gasteiger partial charge in [0.15, 0.2) is 0 Å². The molecule has 0 amide bonds. The number of nitro groups is 1. The van der Waals surface area contributed by atoms with Crippen LogP contribution in [0.25, 0.3) is 0 Å². The van der Waals surface area contributed by atoms with Gasteiger partial charge in [-0.3, -0.25) is 10.1 Å². The van der Waals surface area contributed by atoms with Gasteiger partial charge in [-0.05, 0) is 34.1 Å². The van der Waals surface area contributed by atoms with Crippen molar-refractivity contribution in [1.82, 2.24) is 0 Å². The van der Waals surface area contributed by atoms with E-state index in [0.29, 0.717) is 16.0 Å². The van der Waals surface area contributed by atoms with Crippen molar-refractivity contribution in [2.75, 3.05) is 0 Å². The number of para-hydroxylation sites is 1. The van der Waals surface area contributed by atoms with Crippen molar-refractivity contribution in [3.05, 3.63) is 63.1 Å². The molecular formula is C12H8BrNO3. The topological polar surface area (TPSA) is 52.4 Å². The number of hydrogen-bond donors (Lipinski definition) is 0. The Morgan fingerprint density at radius 1 is 1.12 bits per heavy atom. The molecule has 0 radical (unpaired) electrons. The molecule has 0 spiro atoms. The fourth-order valence-corrected chi connectivity index (χ4v) is 1.75. The molecule has 0 saturated carbocycles. The highest BCUT2D eigenvalue weighted by molar-refractivity contribution is 9.10. The molecule has 5 heteroatoms. The molecule has 4 nitrogen and oxygen atoms in total. The van der Waals surface area contributed by atoms with Crippen molar-refractivity contribution < 1.29 is 9.66 Å². The number of nitrogens with zero attached hydrogens (tertiary/aromatic N) is 1. The summed E-state index contributed by atoms with van der Waals surface area (Å²) in [5.41, 5.74) is 0.0253. The first-order chi connectivity index (χ1) is 8.16. The lowest BCUT2D eigenvalue weighted by atomic mass is 10.3. The lowest BCUT2D eigenvalue weighted by Gasteiger charge is -2.06. The molecule has 17 heavy (non-hydrogen) atoms. The maximum absolute atomic E-state index is 10.6. The molecule has 0 atom stereocenters. The lowest BCUT2D eigenvalue weighted by Crippen LogP contribution is -1.89. The molecule has 0 aromatic heterocycles. The largest absolute Gasteiger partial charge is 0.456 e. The third-order valence-corrected chi connectivity index (χ3v) is 2.72. The van der Waals surface area contributed by atoms with Crippen molar-refractivity contribution in [3.8, 4) is 11.5 Å². The zero-order valence-electron chi connectivity index (χ0n) is 8.67. The van der Waals surface area contributed by atoms with E-state index in [0.717, 1.165) is 0 Å². The normalized spacial score (nSPS) is 9.94. The van der Waals surface area contributed by atoms with Gasteiger partial charge in [0.1, 0.15) is 11.5 Å². The molecule has 86 valence electrons. The summed E-state index contributed by atoms with van der Waals surface area (Å²) < 4.78 is 6.13. The molecule has 0 aliphatic carbocycles. The Kier molecular flexibility index (Phi) is 3.39. The fraction of sp³-hybridized carbons (Fsp3) is 0. The van der Waals surface area contributed by atoms with Crippen molar-refractivity contribution in [2.45, 2.75) is 0 Å². The van der Waals surface area contributed by atoms with E-state index in [4.69, 9.17) is 4.74 Å². The summed E-state index contributed by atoms with van der Waals surface area (Å²) in [4.78, 5) is 10.1. The Morgan fingerprint density at radius 2 is 1.82 bits per heavy atom. The van der Waals surface area contributed by atoms with Crippen molar-refractivity contribution in [1.29, 1.82) is 0 Å². The van der Waals surface area contributed by atoms with Crippen LogP contribution >= 0.6 is 15.9 Å². The van der Waals surface area contributed by atoms with Gasteiger partial charge in [-0.1, -0.05) is 18.2 Å². The van der Waals surface area contributed by atoms with Gasteiger partial charge >= 0.3 is 0 Å². The second-order valence-electron chi connectivity index (χ2n) is 3.29. The first kappa shape index (κ1) is 11.6. The summed E-state index contributed by atoms with van der Waals surface area (Å²) in [6.45, 7) is 0. The van der Waals surface area contributed by atoms with Gasteiger partial charge in [0.25, 0.3) is 5.69 Å². The van der Waals surface area contributed by atoms with Crippen LogP contribution in [-0.4, -0.2) is 4.92 Å². The molecule has 0 bridgehead atoms. The highest BCUT2D eigenvalue weighted by Crippen LogP contribution is 2.32. The van der Waals surface area contributed by atoms with Crippen LogP contribution in [0.3, 0.4) is 0 Å². The minimum Gasteiger partial charge on any atom is -0.456 e. The first-order valence-electron chi connectivity index (χ1n) is 4.83. The van der Waals surface area contributed by atoms with E-state index >= 15 is 0 Å². The van der Waals surface area contributed by atoms with Crippen LogP contribution in [0.4, 0.5) is 5.69 Å². The number of nitro benzene ring substituents is 1. The van der Waals surface area contributed by atoms with Crippen LogP contribution in [0.2, 0.25) is 0 Å². The van der Waals surface area contributed by atoms with E-state index in [-0.39, 0.29) is 5.69 Å². The fourth-order valence-electron chi connectivity index (χ4n) is 1.30. The van der Waals surface area contributed by atoms with Crippen molar-refractivity contribution in [3.63, 3.8) is 0 Å². The molecule has 2 rings (SSSR count). The highest BCUT2D eigenvalue weighted by Gasteiger charge is 2.10. The zero-order chi connectivity index (χ0) is 12.3. The molecule has 0 N–H and O–H groups in total. The van der Waals surface area contributed by atoms with E-state index in [1.807, 2.05) is 30.3 Å². The molecule has 0 aliphatic rings. The van der Waals surface area contributed by atoms with Crippen molar-refractivity contribution >= 4 is 21.6 Å². The smallest absolute Gasteiger partial charge is 0.270 e. The van der Waals surface area contributed by atoms with Gasteiger partial charge in [0, 0.05) is 12.1 Å². The van der Waals surface area contributed by atoms with Crippen LogP contribution < -0.4 is 4.74 Å². The first-order valence-corrected chi connectivity index (χ1v) is 5.63. The molecule has 0 heterocycles. The summed E-state index contributed by atoms with van der Waals surface area (Å²) >= 11 is 3.24. The second kappa shape index (κ2) is 4.97. The summed E-state index contributed by atoms with van der Waals surface area (Å²) in [5.74, 6) is 1.23. The lowest BCUT2D eigenvalue weighted by molar-refractivity contribution is -0.384. The third-order valence-electron chi connectivity index (χ3n) is 2.10. The van der Waals surface area contributed by atoms with E-state index in [1.165, 1.54) is 12.1 Å². The highest BCUT2D eigenvalue weighted by atomic mass is 79.9. The van der Waals surface area contributed by atoms with Crippen LogP contribution in [0, 0.1) is 10.1 Å². The molecule has 0 aliphatic heterocycles. The predicted molar refractivity (Wildman–Crippen MR) is 67.3 cm³/mol. The van der Waals surface area contributed by atoms with Gasteiger partial charge in [-0.2, -0.15) is 0 Å². The molecule has 0 saturated heterocycles. The summed E-state index contributed by atoms with van der Waals surface area (Å²) in [6.07, 6.45) is 0. The predicted octanol–water partition coefficient (Wildman–Crippen LogP) is 4.15. The minimum atomic E-state index is -0.447. The van der Waals surface area contributed by atoms with E-state index in [1.54, 1.807) is 6.07 Å². The van der Waals surface area contributed by atoms with Gasteiger partial charge in [0.05, 0.1) is 9.40 Å². The van der Waals surface area contributed by atoms with Gasteiger partial charge in [-0.25, -0.2) is 0 Å². The maximum Gasteiger partial charge on any atom is 0.270 e. The Labute approximate surface area is 106 Å². The van der Waals surface area contributed by atoms with E-state index in [2.05, 4.69) is 15.9 Å². The molecule has 0 unspecified atom stereocenters. The maximum atomic E-state index is 10.6. The SMILES string of the molecule is O=[N+]([O-])c1ccc(Oc2ccccc2)c(Br)c1. The molecule has 2 aromatic rings. The van der Waals surface area contributed by atoms with Crippen LogP contribution in [0.15, 0.2) is 53.0 Å². The summed E-state index contributed by atoms with van der Waals surface area (Å²) in [7, 11) is 0. The average Bonchev–Trinajstić information content (AvgIpc) is 2.33. The standard InChI is InChI=1S/C12H8BrNO3/c13-11-8-9(14(15)16)6-7-12(11)17-10-4-2-1-3-5-10/h1-8H. The molecule has 2 aromatic carbocycles. The van der Waals surface area contributed by atoms with E-state index in [9.17, 15) is 10.1 Å². The van der Waals surface area contributed by atoms with Crippen LogP contribution in [0.1, 0.15) is 0 Å². The molecule has 0 fully saturated rings. The van der Waals surface area contributed by atoms with Gasteiger partial charge < -0.3 is 4.74 Å². The third kappa shape index (κ3) is 2.82. The summed E-state index contributed by atoms with van der Waals surface area (Å²) in [6, 6.07) is 13.6. The minimum absolute atomic E-state index is 0.0253. The number of non-ortho nitro benzene ring substituents is 1. The number of benzene rings is 2. The van der Waals surface area contributed by atoms with Crippen LogP contribution in [-0.2, 0) is 0 Å². The second-order valence-corrected chi connectivity index (χ2v) is 4.14. The number of rotatable bonds is 3. The number of hydrogen-bond acceptors (Lipinski definition) is 3. The Morgan fingerprint density at radius 3 is 2.41 bits per heavy atom.